The van der Waals surface area contributed by atoms with Gasteiger partial charge in [0.2, 0.25) is 0 Å². The van der Waals surface area contributed by atoms with Gasteiger partial charge in [-0.2, -0.15) is 0 Å². The van der Waals surface area contributed by atoms with Crippen molar-refractivity contribution >= 4 is 20.4 Å². The second-order valence-corrected chi connectivity index (χ2v) is 7.91. The van der Waals surface area contributed by atoms with Crippen molar-refractivity contribution < 1.29 is 3.87 Å². The summed E-state index contributed by atoms with van der Waals surface area (Å²) in [5.74, 6) is 1.28. The van der Waals surface area contributed by atoms with E-state index in [9.17, 15) is 0 Å². The van der Waals surface area contributed by atoms with Crippen LogP contribution < -0.4 is 0 Å². The number of thiol groups is 1. The zero-order chi connectivity index (χ0) is 5.33. The minimum atomic E-state index is -1.05. The lowest BCUT2D eigenvalue weighted by Crippen LogP contribution is -2.22. The third kappa shape index (κ3) is 1.47. The minimum absolute atomic E-state index is 1.05. The van der Waals surface area contributed by atoms with Crippen LogP contribution >= 0.6 is 0 Å². The number of rotatable bonds is 0. The van der Waals surface area contributed by atoms with Crippen LogP contribution in [0.1, 0.15) is 0 Å². The molecule has 1 saturated heterocycles. The van der Waals surface area contributed by atoms with Crippen molar-refractivity contribution in [3.05, 3.63) is 0 Å². The largest absolute Gasteiger partial charge is 0.266 e. The molecule has 0 aliphatic carbocycles. The average molecular weight is 135 g/mol. The van der Waals surface area contributed by atoms with E-state index in [0.29, 0.717) is 0 Å². The fourth-order valence-corrected chi connectivity index (χ4v) is 5.23. The average Bonchev–Trinajstić information content (AvgIpc) is 1.84. The van der Waals surface area contributed by atoms with Gasteiger partial charge in [0.05, 0.1) is 0 Å². The van der Waals surface area contributed by atoms with Crippen molar-refractivity contribution in [2.75, 3.05) is 5.75 Å². The second kappa shape index (κ2) is 1.80. The van der Waals surface area contributed by atoms with E-state index in [1.807, 2.05) is 0 Å². The molecule has 1 heterocycles. The third-order valence-corrected chi connectivity index (χ3v) is 5.89. The van der Waals surface area contributed by atoms with Crippen molar-refractivity contribution in [2.45, 2.75) is 19.1 Å². The molecule has 0 radical (unpaired) electrons. The van der Waals surface area contributed by atoms with Crippen LogP contribution in [-0.2, 0) is 15.9 Å². The molecule has 1 fully saturated rings. The summed E-state index contributed by atoms with van der Waals surface area (Å²) in [6.45, 7) is 4.54. The molecule has 0 saturated carbocycles. The summed E-state index contributed by atoms with van der Waals surface area (Å²) in [4.78, 5) is 0. The van der Waals surface area contributed by atoms with Gasteiger partial charge in [-0.3, -0.25) is 0 Å². The van der Waals surface area contributed by atoms with Gasteiger partial charge < -0.3 is 0 Å². The molecule has 1 nitrogen and oxygen atoms in total. The molecule has 1 aliphatic heterocycles. The Kier molecular flexibility index (Phi) is 1.45. The topological polar surface area (TPSA) is 9.23 Å². The maximum Gasteiger partial charge on any atom is 0.266 e. The SMILES string of the molecule is C[Si]1(C)CC[SH+]O1. The van der Waals surface area contributed by atoms with E-state index in [1.54, 1.807) is 0 Å². The zero-order valence-corrected chi connectivity index (χ0v) is 6.66. The molecule has 0 aromatic carbocycles. The first-order valence-electron chi connectivity index (χ1n) is 2.56. The molecule has 1 rings (SSSR count). The predicted molar refractivity (Wildman–Crippen MR) is 37.0 cm³/mol. The monoisotopic (exact) mass is 135 g/mol. The van der Waals surface area contributed by atoms with Crippen molar-refractivity contribution in [2.24, 2.45) is 0 Å². The summed E-state index contributed by atoms with van der Waals surface area (Å²) in [5, 5.41) is 0. The van der Waals surface area contributed by atoms with Gasteiger partial charge >= 0.3 is 0 Å². The Hall–Kier alpha value is 0.527. The molecule has 1 aliphatic rings. The van der Waals surface area contributed by atoms with Crippen LogP contribution in [-0.4, -0.2) is 14.1 Å². The fraction of sp³-hybridized carbons (Fsp3) is 1.00. The maximum absolute atomic E-state index is 5.45. The van der Waals surface area contributed by atoms with E-state index in [0.717, 1.165) is 0 Å². The standard InChI is InChI=1S/C4H10OSSi/c1-7(2)4-3-6-5-7/h3-4H2,1-2H3/p+1. The fourth-order valence-electron chi connectivity index (χ4n) is 0.581. The molecule has 0 aromatic heterocycles. The highest BCUT2D eigenvalue weighted by atomic mass is 32.2. The van der Waals surface area contributed by atoms with Crippen molar-refractivity contribution in [1.82, 2.24) is 0 Å². The van der Waals surface area contributed by atoms with E-state index in [1.165, 1.54) is 23.8 Å². The van der Waals surface area contributed by atoms with Crippen LogP contribution in [0.15, 0.2) is 0 Å². The summed E-state index contributed by atoms with van der Waals surface area (Å²) in [6.07, 6.45) is 0. The van der Waals surface area contributed by atoms with E-state index in [-0.39, 0.29) is 0 Å². The molecule has 0 spiro atoms. The Bertz CT molecular complexity index is 66.1. The Morgan fingerprint density at radius 3 is 2.43 bits per heavy atom. The molecule has 7 heavy (non-hydrogen) atoms. The van der Waals surface area contributed by atoms with Gasteiger partial charge in [-0.15, -0.1) is 0 Å². The van der Waals surface area contributed by atoms with Gasteiger partial charge in [0.1, 0.15) is 17.8 Å². The van der Waals surface area contributed by atoms with Gasteiger partial charge in [0.25, 0.3) is 8.32 Å². The van der Waals surface area contributed by atoms with Gasteiger partial charge in [0.15, 0.2) is 0 Å². The van der Waals surface area contributed by atoms with Crippen molar-refractivity contribution in [3.8, 4) is 0 Å². The Balaban J connectivity index is 2.40. The predicted octanol–water partition coefficient (Wildman–Crippen LogP) is 0.952. The molecule has 0 amide bonds. The van der Waals surface area contributed by atoms with E-state index in [2.05, 4.69) is 13.1 Å². The quantitative estimate of drug-likeness (QED) is 0.273. The lowest BCUT2D eigenvalue weighted by Gasteiger charge is -2.01. The van der Waals surface area contributed by atoms with Gasteiger partial charge in [0, 0.05) is 6.04 Å². The van der Waals surface area contributed by atoms with Gasteiger partial charge in [-0.1, -0.05) is 0 Å². The lowest BCUT2D eigenvalue weighted by atomic mass is 11.0. The molecule has 0 unspecified atom stereocenters. The van der Waals surface area contributed by atoms with Crippen LogP contribution in [0.25, 0.3) is 0 Å². The summed E-state index contributed by atoms with van der Waals surface area (Å²) >= 11 is 1.23. The number of hydrogen-bond donors (Lipinski definition) is 0. The molecule has 0 bridgehead atoms. The van der Waals surface area contributed by atoms with Crippen molar-refractivity contribution in [3.63, 3.8) is 0 Å². The van der Waals surface area contributed by atoms with Gasteiger partial charge in [-0.25, -0.2) is 3.87 Å². The number of hydrogen-bond acceptors (Lipinski definition) is 1. The minimum Gasteiger partial charge on any atom is -0.228 e. The van der Waals surface area contributed by atoms with Crippen LogP contribution in [0.4, 0.5) is 0 Å². The van der Waals surface area contributed by atoms with Crippen molar-refractivity contribution in [1.29, 1.82) is 0 Å². The molecular weight excluding hydrogens is 124 g/mol. The van der Waals surface area contributed by atoms with Crippen LogP contribution in [0.2, 0.25) is 19.1 Å². The molecule has 0 N–H and O–H groups in total. The molecule has 0 aromatic rings. The molecule has 3 heteroatoms. The van der Waals surface area contributed by atoms with E-state index in [4.69, 9.17) is 3.87 Å². The van der Waals surface area contributed by atoms with Crippen LogP contribution in [0, 0.1) is 0 Å². The van der Waals surface area contributed by atoms with E-state index < -0.39 is 8.32 Å². The van der Waals surface area contributed by atoms with Gasteiger partial charge in [-0.05, 0) is 13.1 Å². The molecule has 42 valence electrons. The Morgan fingerprint density at radius 1 is 1.57 bits per heavy atom. The highest BCUT2D eigenvalue weighted by Gasteiger charge is 2.35. The second-order valence-electron chi connectivity index (χ2n) is 2.45. The highest BCUT2D eigenvalue weighted by Crippen LogP contribution is 2.18. The highest BCUT2D eigenvalue weighted by molar-refractivity contribution is 7.75. The summed E-state index contributed by atoms with van der Waals surface area (Å²) < 4.78 is 5.45. The van der Waals surface area contributed by atoms with Crippen LogP contribution in [0.5, 0.6) is 0 Å². The Labute approximate surface area is 49.8 Å². The molecule has 0 atom stereocenters. The first-order chi connectivity index (χ1) is 3.21. The lowest BCUT2D eigenvalue weighted by molar-refractivity contribution is 0.660. The zero-order valence-electron chi connectivity index (χ0n) is 4.77. The maximum atomic E-state index is 5.45. The normalized spacial score (nSPS) is 28.3. The first-order valence-corrected chi connectivity index (χ1v) is 6.67. The third-order valence-electron chi connectivity index (χ3n) is 1.12. The van der Waals surface area contributed by atoms with E-state index >= 15 is 0 Å². The summed E-state index contributed by atoms with van der Waals surface area (Å²) in [6, 6.07) is 1.36. The smallest absolute Gasteiger partial charge is 0.228 e. The summed E-state index contributed by atoms with van der Waals surface area (Å²) in [7, 11) is -1.05. The summed E-state index contributed by atoms with van der Waals surface area (Å²) in [5.41, 5.74) is 0. The Morgan fingerprint density at radius 2 is 2.29 bits per heavy atom. The first kappa shape index (κ1) is 5.66. The van der Waals surface area contributed by atoms with Crippen LogP contribution in [0.3, 0.4) is 0 Å². The molecular formula is C4H11OSSi+.